The first kappa shape index (κ1) is 13.2. The zero-order valence-corrected chi connectivity index (χ0v) is 11.2. The molecule has 4 nitrogen and oxygen atoms in total. The maximum absolute atomic E-state index is 11.8. The lowest BCUT2D eigenvalue weighted by Gasteiger charge is -2.23. The Morgan fingerprint density at radius 1 is 1.39 bits per heavy atom. The highest BCUT2D eigenvalue weighted by atomic mass is 35.5. The van der Waals surface area contributed by atoms with Crippen molar-refractivity contribution in [2.45, 2.75) is 13.0 Å². The van der Waals surface area contributed by atoms with Crippen LogP contribution in [0.25, 0.3) is 0 Å². The van der Waals surface area contributed by atoms with Crippen molar-refractivity contribution in [3.05, 3.63) is 28.8 Å². The highest BCUT2D eigenvalue weighted by Crippen LogP contribution is 2.27. The summed E-state index contributed by atoms with van der Waals surface area (Å²) in [5.74, 6) is 0.106. The predicted molar refractivity (Wildman–Crippen MR) is 71.8 cm³/mol. The molecule has 0 spiro atoms. The quantitative estimate of drug-likeness (QED) is 0.884. The summed E-state index contributed by atoms with van der Waals surface area (Å²) in [6.07, 6.45) is 0.931. The van der Waals surface area contributed by atoms with E-state index >= 15 is 0 Å². The van der Waals surface area contributed by atoms with Gasteiger partial charge in [-0.25, -0.2) is 0 Å². The van der Waals surface area contributed by atoms with Crippen LogP contribution in [-0.4, -0.2) is 42.6 Å². The largest absolute Gasteiger partial charge is 0.392 e. The number of halogens is 1. The van der Waals surface area contributed by atoms with Gasteiger partial charge in [0.05, 0.1) is 23.9 Å². The Kier molecular flexibility index (Phi) is 4.09. The molecule has 0 unspecified atom stereocenters. The van der Waals surface area contributed by atoms with E-state index in [0.717, 1.165) is 30.8 Å². The molecular formula is C13H17ClN2O2. The predicted octanol–water partition coefficient (Wildman–Crippen LogP) is 1.50. The van der Waals surface area contributed by atoms with Crippen LogP contribution in [0.4, 0.5) is 5.69 Å². The molecule has 1 aromatic carbocycles. The van der Waals surface area contributed by atoms with Gasteiger partial charge < -0.3 is 14.9 Å². The number of carbonyl (C=O) groups is 1. The number of hydrogen-bond donors (Lipinski definition) is 1. The van der Waals surface area contributed by atoms with Crippen molar-refractivity contribution in [1.82, 2.24) is 4.90 Å². The van der Waals surface area contributed by atoms with Gasteiger partial charge in [0, 0.05) is 20.1 Å². The van der Waals surface area contributed by atoms with Crippen molar-refractivity contribution < 1.29 is 9.90 Å². The van der Waals surface area contributed by atoms with Crippen LogP contribution < -0.4 is 4.90 Å². The van der Waals surface area contributed by atoms with Crippen LogP contribution in [0.5, 0.6) is 0 Å². The molecule has 0 radical (unpaired) electrons. The average Bonchev–Trinajstić information content (AvgIpc) is 2.52. The SMILES string of the molecule is CN1CCCN(c2ccc(CO)cc2Cl)CC1=O. The molecule has 0 saturated carbocycles. The van der Waals surface area contributed by atoms with Crippen molar-refractivity contribution in [3.8, 4) is 0 Å². The molecule has 18 heavy (non-hydrogen) atoms. The molecule has 0 aromatic heterocycles. The molecule has 2 rings (SSSR count). The number of nitrogens with zero attached hydrogens (tertiary/aromatic N) is 2. The molecule has 98 valence electrons. The summed E-state index contributed by atoms with van der Waals surface area (Å²) >= 11 is 6.20. The smallest absolute Gasteiger partial charge is 0.241 e. The van der Waals surface area contributed by atoms with Crippen LogP contribution in [0, 0.1) is 0 Å². The van der Waals surface area contributed by atoms with E-state index in [2.05, 4.69) is 0 Å². The van der Waals surface area contributed by atoms with Gasteiger partial charge in [0.1, 0.15) is 0 Å². The molecule has 1 fully saturated rings. The topological polar surface area (TPSA) is 43.8 Å². The van der Waals surface area contributed by atoms with Crippen molar-refractivity contribution in [2.24, 2.45) is 0 Å². The minimum Gasteiger partial charge on any atom is -0.392 e. The Labute approximate surface area is 112 Å². The van der Waals surface area contributed by atoms with Gasteiger partial charge in [-0.05, 0) is 24.1 Å². The van der Waals surface area contributed by atoms with E-state index in [1.165, 1.54) is 0 Å². The van der Waals surface area contributed by atoms with E-state index in [1.54, 1.807) is 11.0 Å². The molecule has 1 N–H and O–H groups in total. The van der Waals surface area contributed by atoms with E-state index in [-0.39, 0.29) is 12.5 Å². The molecule has 1 aliphatic heterocycles. The van der Waals surface area contributed by atoms with Crippen LogP contribution in [0.2, 0.25) is 5.02 Å². The molecular weight excluding hydrogens is 252 g/mol. The fourth-order valence-corrected chi connectivity index (χ4v) is 2.42. The molecule has 1 aromatic rings. The molecule has 0 atom stereocenters. The normalized spacial score (nSPS) is 16.9. The molecule has 1 saturated heterocycles. The van der Waals surface area contributed by atoms with Gasteiger partial charge in [-0.3, -0.25) is 4.79 Å². The first-order valence-electron chi connectivity index (χ1n) is 6.00. The Morgan fingerprint density at radius 2 is 2.17 bits per heavy atom. The number of carbonyl (C=O) groups excluding carboxylic acids is 1. The van der Waals surface area contributed by atoms with E-state index in [4.69, 9.17) is 16.7 Å². The van der Waals surface area contributed by atoms with E-state index in [1.807, 2.05) is 24.1 Å². The number of amides is 1. The van der Waals surface area contributed by atoms with Crippen LogP contribution >= 0.6 is 11.6 Å². The molecule has 1 amide bonds. The summed E-state index contributed by atoms with van der Waals surface area (Å²) in [6, 6.07) is 5.45. The van der Waals surface area contributed by atoms with Crippen LogP contribution in [0.3, 0.4) is 0 Å². The zero-order chi connectivity index (χ0) is 13.1. The summed E-state index contributed by atoms with van der Waals surface area (Å²) in [5, 5.41) is 9.63. The van der Waals surface area contributed by atoms with Gasteiger partial charge in [-0.15, -0.1) is 0 Å². The lowest BCUT2D eigenvalue weighted by molar-refractivity contribution is -0.127. The van der Waals surface area contributed by atoms with Crippen molar-refractivity contribution in [3.63, 3.8) is 0 Å². The third-order valence-corrected chi connectivity index (χ3v) is 3.51. The Hall–Kier alpha value is -1.26. The first-order chi connectivity index (χ1) is 8.61. The fourth-order valence-electron chi connectivity index (χ4n) is 2.10. The standard InChI is InChI=1S/C13H17ClN2O2/c1-15-5-2-6-16(8-13(15)18)12-4-3-10(9-17)7-11(12)14/h3-4,7,17H,2,5-6,8-9H2,1H3. The lowest BCUT2D eigenvalue weighted by atomic mass is 10.2. The maximum Gasteiger partial charge on any atom is 0.241 e. The monoisotopic (exact) mass is 268 g/mol. The highest BCUT2D eigenvalue weighted by Gasteiger charge is 2.20. The second kappa shape index (κ2) is 5.59. The number of aliphatic hydroxyl groups excluding tert-OH is 1. The van der Waals surface area contributed by atoms with E-state index in [0.29, 0.717) is 11.6 Å². The summed E-state index contributed by atoms with van der Waals surface area (Å²) in [5.41, 5.74) is 1.64. The third-order valence-electron chi connectivity index (χ3n) is 3.21. The maximum atomic E-state index is 11.8. The summed E-state index contributed by atoms with van der Waals surface area (Å²) < 4.78 is 0. The number of rotatable bonds is 2. The second-order valence-corrected chi connectivity index (χ2v) is 4.94. The highest BCUT2D eigenvalue weighted by molar-refractivity contribution is 6.33. The Morgan fingerprint density at radius 3 is 2.83 bits per heavy atom. The average molecular weight is 269 g/mol. The minimum absolute atomic E-state index is 0.0261. The van der Waals surface area contributed by atoms with Gasteiger partial charge in [0.15, 0.2) is 0 Å². The molecule has 1 heterocycles. The number of benzene rings is 1. The molecule has 0 bridgehead atoms. The van der Waals surface area contributed by atoms with Gasteiger partial charge >= 0.3 is 0 Å². The Bertz CT molecular complexity index is 451. The molecule has 1 aliphatic rings. The van der Waals surface area contributed by atoms with Gasteiger partial charge in [0.25, 0.3) is 0 Å². The lowest BCUT2D eigenvalue weighted by Crippen LogP contribution is -2.34. The number of hydrogen-bond acceptors (Lipinski definition) is 3. The summed E-state index contributed by atoms with van der Waals surface area (Å²) in [7, 11) is 1.82. The molecule has 0 aliphatic carbocycles. The van der Waals surface area contributed by atoms with Gasteiger partial charge in [-0.1, -0.05) is 17.7 Å². The zero-order valence-electron chi connectivity index (χ0n) is 10.4. The minimum atomic E-state index is -0.0261. The first-order valence-corrected chi connectivity index (χ1v) is 6.38. The van der Waals surface area contributed by atoms with Crippen LogP contribution in [0.1, 0.15) is 12.0 Å². The number of likely N-dealkylation sites (N-methyl/N-ethyl adjacent to an activating group) is 1. The van der Waals surface area contributed by atoms with Gasteiger partial charge in [0.2, 0.25) is 5.91 Å². The van der Waals surface area contributed by atoms with Crippen molar-refractivity contribution in [1.29, 1.82) is 0 Å². The van der Waals surface area contributed by atoms with Gasteiger partial charge in [-0.2, -0.15) is 0 Å². The number of anilines is 1. The van der Waals surface area contributed by atoms with E-state index < -0.39 is 0 Å². The van der Waals surface area contributed by atoms with Crippen LogP contribution in [-0.2, 0) is 11.4 Å². The second-order valence-electron chi connectivity index (χ2n) is 4.53. The Balaban J connectivity index is 2.22. The van der Waals surface area contributed by atoms with Crippen molar-refractivity contribution >= 4 is 23.2 Å². The number of aliphatic hydroxyl groups is 1. The third kappa shape index (κ3) is 2.76. The molecule has 5 heteroatoms. The summed E-state index contributed by atoms with van der Waals surface area (Å²) in [4.78, 5) is 15.6. The summed E-state index contributed by atoms with van der Waals surface area (Å²) in [6.45, 7) is 1.92. The van der Waals surface area contributed by atoms with Crippen molar-refractivity contribution in [2.75, 3.05) is 31.6 Å². The fraction of sp³-hybridized carbons (Fsp3) is 0.462. The van der Waals surface area contributed by atoms with Crippen LogP contribution in [0.15, 0.2) is 18.2 Å². The van der Waals surface area contributed by atoms with E-state index in [9.17, 15) is 4.79 Å².